The number of hydrogen-bond donors (Lipinski definition) is 2. The number of nitrogens with one attached hydrogen (secondary N) is 1. The minimum atomic E-state index is -1.06. The second-order valence-electron chi connectivity index (χ2n) is 3.57. The van der Waals surface area contributed by atoms with Crippen molar-refractivity contribution in [1.82, 2.24) is 5.32 Å². The van der Waals surface area contributed by atoms with Crippen LogP contribution in [-0.4, -0.2) is 37.7 Å². The lowest BCUT2D eigenvalue weighted by atomic mass is 10.2. The van der Waals surface area contributed by atoms with E-state index in [9.17, 15) is 9.59 Å². The van der Waals surface area contributed by atoms with E-state index < -0.39 is 5.97 Å². The Labute approximate surface area is 118 Å². The lowest BCUT2D eigenvalue weighted by Crippen LogP contribution is -2.20. The smallest absolute Gasteiger partial charge is 0.335 e. The first-order valence-corrected chi connectivity index (χ1v) is 6.23. The topological polar surface area (TPSA) is 84.9 Å². The summed E-state index contributed by atoms with van der Waals surface area (Å²) in [4.78, 5) is 22.0. The van der Waals surface area contributed by atoms with Gasteiger partial charge >= 0.3 is 5.97 Å². The normalized spacial score (nSPS) is 9.84. The first-order chi connectivity index (χ1) is 8.99. The summed E-state index contributed by atoms with van der Waals surface area (Å²) in [5.74, 6) is -0.534. The number of ether oxygens (including phenoxy) is 2. The van der Waals surface area contributed by atoms with Crippen LogP contribution in [-0.2, 0) is 4.79 Å². The number of amides is 1. The number of carboxylic acids is 1. The van der Waals surface area contributed by atoms with Crippen molar-refractivity contribution in [3.63, 3.8) is 0 Å². The maximum absolute atomic E-state index is 11.1. The van der Waals surface area contributed by atoms with Gasteiger partial charge in [-0.25, -0.2) is 4.79 Å². The molecule has 19 heavy (non-hydrogen) atoms. The van der Waals surface area contributed by atoms with Gasteiger partial charge in [-0.05, 0) is 28.1 Å². The number of carbonyl (C=O) groups excluding carboxylic acids is 1. The van der Waals surface area contributed by atoms with Gasteiger partial charge in [-0.3, -0.25) is 4.79 Å². The van der Waals surface area contributed by atoms with Crippen LogP contribution in [0.3, 0.4) is 0 Å². The van der Waals surface area contributed by atoms with Crippen LogP contribution in [0, 0.1) is 0 Å². The Morgan fingerprint density at radius 2 is 2.11 bits per heavy atom. The Kier molecular flexibility index (Phi) is 5.62. The molecule has 104 valence electrons. The molecule has 1 rings (SSSR count). The Bertz CT molecular complexity index is 489. The Balaban J connectivity index is 2.88. The maximum Gasteiger partial charge on any atom is 0.335 e. The fourth-order valence-electron chi connectivity index (χ4n) is 1.35. The van der Waals surface area contributed by atoms with Crippen molar-refractivity contribution in [2.45, 2.75) is 6.42 Å². The Morgan fingerprint density at radius 1 is 1.42 bits per heavy atom. The molecule has 0 aliphatic rings. The summed E-state index contributed by atoms with van der Waals surface area (Å²) >= 11 is 3.22. The summed E-state index contributed by atoms with van der Waals surface area (Å²) in [5, 5.41) is 11.4. The third-order valence-corrected chi connectivity index (χ3v) is 2.92. The standard InChI is InChI=1S/C12H14BrNO5/c1-14-10(15)3-4-19-11-8(13)5-7(12(16)17)6-9(11)18-2/h5-6H,3-4H2,1-2H3,(H,14,15)(H,16,17). The summed E-state index contributed by atoms with van der Waals surface area (Å²) in [6.45, 7) is 0.168. The molecule has 1 amide bonds. The molecule has 1 aromatic carbocycles. The fourth-order valence-corrected chi connectivity index (χ4v) is 1.91. The van der Waals surface area contributed by atoms with Crippen molar-refractivity contribution in [2.24, 2.45) is 0 Å². The molecule has 0 aliphatic carbocycles. The molecule has 0 aromatic heterocycles. The van der Waals surface area contributed by atoms with E-state index in [2.05, 4.69) is 21.2 Å². The SMILES string of the molecule is CNC(=O)CCOc1c(Br)cc(C(=O)O)cc1OC. The summed E-state index contributed by atoms with van der Waals surface area (Å²) < 4.78 is 11.0. The summed E-state index contributed by atoms with van der Waals surface area (Å²) in [7, 11) is 2.96. The van der Waals surface area contributed by atoms with Gasteiger partial charge in [-0.2, -0.15) is 0 Å². The monoisotopic (exact) mass is 331 g/mol. The van der Waals surface area contributed by atoms with Crippen LogP contribution in [0.15, 0.2) is 16.6 Å². The number of methoxy groups -OCH3 is 1. The molecule has 1 aromatic rings. The molecule has 0 saturated carbocycles. The Hall–Kier alpha value is -1.76. The second-order valence-corrected chi connectivity index (χ2v) is 4.42. The predicted molar refractivity (Wildman–Crippen MR) is 71.8 cm³/mol. The van der Waals surface area contributed by atoms with Crippen LogP contribution in [0.4, 0.5) is 0 Å². The third kappa shape index (κ3) is 4.13. The number of carbonyl (C=O) groups is 2. The summed E-state index contributed by atoms with van der Waals surface area (Å²) in [6.07, 6.45) is 0.201. The molecule has 0 bridgehead atoms. The number of rotatable bonds is 6. The van der Waals surface area contributed by atoms with E-state index in [-0.39, 0.29) is 24.5 Å². The molecular weight excluding hydrogens is 318 g/mol. The van der Waals surface area contributed by atoms with Crippen LogP contribution in [0.25, 0.3) is 0 Å². The van der Waals surface area contributed by atoms with Crippen LogP contribution in [0.1, 0.15) is 16.8 Å². The van der Waals surface area contributed by atoms with E-state index in [0.29, 0.717) is 16.0 Å². The molecule has 2 N–H and O–H groups in total. The summed E-state index contributed by atoms with van der Waals surface area (Å²) in [6, 6.07) is 2.78. The molecule has 0 atom stereocenters. The van der Waals surface area contributed by atoms with Gasteiger partial charge in [-0.1, -0.05) is 0 Å². The van der Waals surface area contributed by atoms with E-state index in [0.717, 1.165) is 0 Å². The van der Waals surface area contributed by atoms with Gasteiger partial charge in [0.15, 0.2) is 11.5 Å². The minimum Gasteiger partial charge on any atom is -0.493 e. The number of carboxylic acid groups (broad SMARTS) is 1. The molecule has 0 aliphatic heterocycles. The zero-order valence-corrected chi connectivity index (χ0v) is 12.1. The lowest BCUT2D eigenvalue weighted by Gasteiger charge is -2.13. The second kappa shape index (κ2) is 6.98. The van der Waals surface area contributed by atoms with Crippen LogP contribution >= 0.6 is 15.9 Å². The first-order valence-electron chi connectivity index (χ1n) is 5.43. The van der Waals surface area contributed by atoms with Crippen LogP contribution in [0.5, 0.6) is 11.5 Å². The summed E-state index contributed by atoms with van der Waals surface area (Å²) in [5.41, 5.74) is 0.0855. The first kappa shape index (κ1) is 15.3. The molecule has 0 radical (unpaired) electrons. The van der Waals surface area contributed by atoms with Gasteiger partial charge in [0.2, 0.25) is 5.91 Å². The number of halogens is 1. The highest BCUT2D eigenvalue weighted by Crippen LogP contribution is 2.36. The number of benzene rings is 1. The number of aromatic carboxylic acids is 1. The highest BCUT2D eigenvalue weighted by Gasteiger charge is 2.15. The van der Waals surface area contributed by atoms with E-state index >= 15 is 0 Å². The van der Waals surface area contributed by atoms with Crippen molar-refractivity contribution < 1.29 is 24.2 Å². The van der Waals surface area contributed by atoms with Crippen LogP contribution < -0.4 is 14.8 Å². The maximum atomic E-state index is 11.1. The average Bonchev–Trinajstić information content (AvgIpc) is 2.39. The zero-order chi connectivity index (χ0) is 14.4. The van der Waals surface area contributed by atoms with Gasteiger partial charge in [0.1, 0.15) is 0 Å². The third-order valence-electron chi connectivity index (χ3n) is 2.33. The largest absolute Gasteiger partial charge is 0.493 e. The van der Waals surface area contributed by atoms with Gasteiger partial charge in [-0.15, -0.1) is 0 Å². The molecule has 0 unspecified atom stereocenters. The van der Waals surface area contributed by atoms with Gasteiger partial charge in [0.25, 0.3) is 0 Å². The highest BCUT2D eigenvalue weighted by atomic mass is 79.9. The lowest BCUT2D eigenvalue weighted by molar-refractivity contribution is -0.121. The van der Waals surface area contributed by atoms with Gasteiger partial charge in [0, 0.05) is 7.05 Å². The van der Waals surface area contributed by atoms with Crippen molar-refractivity contribution >= 4 is 27.8 Å². The number of hydrogen-bond acceptors (Lipinski definition) is 4. The fraction of sp³-hybridized carbons (Fsp3) is 0.333. The molecule has 0 saturated heterocycles. The van der Waals surface area contributed by atoms with Crippen molar-refractivity contribution in [1.29, 1.82) is 0 Å². The molecule has 6 nitrogen and oxygen atoms in total. The van der Waals surface area contributed by atoms with E-state index in [1.165, 1.54) is 19.2 Å². The van der Waals surface area contributed by atoms with Gasteiger partial charge < -0.3 is 19.9 Å². The van der Waals surface area contributed by atoms with Crippen molar-refractivity contribution in [3.8, 4) is 11.5 Å². The van der Waals surface area contributed by atoms with Crippen LogP contribution in [0.2, 0.25) is 0 Å². The predicted octanol–water partition coefficient (Wildman–Crippen LogP) is 1.67. The molecular formula is C12H14BrNO5. The molecule has 0 spiro atoms. The zero-order valence-electron chi connectivity index (χ0n) is 10.5. The average molecular weight is 332 g/mol. The van der Waals surface area contributed by atoms with Crippen molar-refractivity contribution in [2.75, 3.05) is 20.8 Å². The molecule has 0 fully saturated rings. The van der Waals surface area contributed by atoms with E-state index in [1.807, 2.05) is 0 Å². The highest BCUT2D eigenvalue weighted by molar-refractivity contribution is 9.10. The van der Waals surface area contributed by atoms with E-state index in [4.69, 9.17) is 14.6 Å². The van der Waals surface area contributed by atoms with Crippen molar-refractivity contribution in [3.05, 3.63) is 22.2 Å². The Morgan fingerprint density at radius 3 is 2.63 bits per heavy atom. The minimum absolute atomic E-state index is 0.0855. The molecule has 0 heterocycles. The van der Waals surface area contributed by atoms with E-state index in [1.54, 1.807) is 7.05 Å². The quantitative estimate of drug-likeness (QED) is 0.828. The van der Waals surface area contributed by atoms with Gasteiger partial charge in [0.05, 0.1) is 30.2 Å². The molecule has 7 heteroatoms.